The lowest BCUT2D eigenvalue weighted by Gasteiger charge is -2.26. The van der Waals surface area contributed by atoms with Gasteiger partial charge in [0.2, 0.25) is 11.8 Å². The largest absolute Gasteiger partial charge is 0.354 e. The van der Waals surface area contributed by atoms with Gasteiger partial charge in [-0.1, -0.05) is 18.0 Å². The van der Waals surface area contributed by atoms with E-state index in [-0.39, 0.29) is 11.9 Å². The molecule has 1 aromatic heterocycles. The van der Waals surface area contributed by atoms with Gasteiger partial charge < -0.3 is 9.84 Å². The quantitative estimate of drug-likeness (QED) is 0.868. The molecular weight excluding hydrogens is 280 g/mol. The van der Waals surface area contributed by atoms with Crippen molar-refractivity contribution in [1.29, 1.82) is 0 Å². The van der Waals surface area contributed by atoms with Gasteiger partial charge in [-0.25, -0.2) is 0 Å². The van der Waals surface area contributed by atoms with Crippen molar-refractivity contribution in [2.45, 2.75) is 63.8 Å². The van der Waals surface area contributed by atoms with Crippen LogP contribution in [0.25, 0.3) is 0 Å². The smallest absolute Gasteiger partial charge is 0.237 e. The molecule has 0 radical (unpaired) electrons. The lowest BCUT2D eigenvalue weighted by Crippen LogP contribution is -2.46. The standard InChI is InChI=1S/C16H26N4O2/c1-12(20-10-4-2-3-5-11-20)16(21)17-9-8-14-18-15(19-22-14)13-6-7-13/h12-13H,2-11H2,1H3,(H,17,21)/t12-/m0/s1. The van der Waals surface area contributed by atoms with Crippen LogP contribution >= 0.6 is 0 Å². The minimum absolute atomic E-state index is 0.0530. The van der Waals surface area contributed by atoms with Crippen LogP contribution in [0.5, 0.6) is 0 Å². The number of hydrogen-bond acceptors (Lipinski definition) is 5. The SMILES string of the molecule is C[C@@H](C(=O)NCCc1nc(C2CC2)no1)N1CCCCCC1. The monoisotopic (exact) mass is 306 g/mol. The maximum atomic E-state index is 12.2. The van der Waals surface area contributed by atoms with E-state index < -0.39 is 0 Å². The third-order valence-corrected chi connectivity index (χ3v) is 4.63. The van der Waals surface area contributed by atoms with Crippen molar-refractivity contribution in [2.75, 3.05) is 19.6 Å². The lowest BCUT2D eigenvalue weighted by atomic mass is 10.2. The molecule has 1 saturated carbocycles. The van der Waals surface area contributed by atoms with Crippen LogP contribution in [0.4, 0.5) is 0 Å². The predicted molar refractivity (Wildman–Crippen MR) is 82.5 cm³/mol. The van der Waals surface area contributed by atoms with E-state index in [1.165, 1.54) is 38.5 Å². The fourth-order valence-corrected chi connectivity index (χ4v) is 2.97. The molecule has 0 aromatic carbocycles. The number of rotatable bonds is 6. The summed E-state index contributed by atoms with van der Waals surface area (Å²) in [6.07, 6.45) is 7.91. The molecule has 6 heteroatoms. The number of likely N-dealkylation sites (tertiary alicyclic amines) is 1. The Labute approximate surface area is 131 Å². The molecule has 1 amide bonds. The highest BCUT2D eigenvalue weighted by atomic mass is 16.5. The van der Waals surface area contributed by atoms with E-state index in [0.29, 0.717) is 24.8 Å². The summed E-state index contributed by atoms with van der Waals surface area (Å²) in [5.74, 6) is 2.07. The van der Waals surface area contributed by atoms with Gasteiger partial charge in [0.25, 0.3) is 0 Å². The van der Waals surface area contributed by atoms with Crippen molar-refractivity contribution in [3.05, 3.63) is 11.7 Å². The first kappa shape index (κ1) is 15.5. The zero-order valence-electron chi connectivity index (χ0n) is 13.4. The molecule has 6 nitrogen and oxygen atoms in total. The van der Waals surface area contributed by atoms with Gasteiger partial charge in [-0.3, -0.25) is 9.69 Å². The second-order valence-electron chi connectivity index (χ2n) is 6.49. The number of amides is 1. The van der Waals surface area contributed by atoms with Crippen LogP contribution in [0.15, 0.2) is 4.52 Å². The summed E-state index contributed by atoms with van der Waals surface area (Å²) in [5, 5.41) is 6.98. The van der Waals surface area contributed by atoms with Crippen LogP contribution in [0.1, 0.15) is 63.1 Å². The first-order chi connectivity index (χ1) is 10.7. The fraction of sp³-hybridized carbons (Fsp3) is 0.812. The van der Waals surface area contributed by atoms with Crippen LogP contribution in [0, 0.1) is 0 Å². The highest BCUT2D eigenvalue weighted by molar-refractivity contribution is 5.81. The average Bonchev–Trinajstić information content (AvgIpc) is 3.32. The molecule has 2 aliphatic rings. The van der Waals surface area contributed by atoms with Gasteiger partial charge in [-0.2, -0.15) is 4.98 Å². The number of nitrogens with one attached hydrogen (secondary N) is 1. The molecule has 0 unspecified atom stereocenters. The summed E-state index contributed by atoms with van der Waals surface area (Å²) in [4.78, 5) is 18.9. The first-order valence-corrected chi connectivity index (χ1v) is 8.58. The molecule has 0 bridgehead atoms. The van der Waals surface area contributed by atoms with Gasteiger partial charge in [-0.15, -0.1) is 0 Å². The number of nitrogens with zero attached hydrogens (tertiary/aromatic N) is 3. The Hall–Kier alpha value is -1.43. The average molecular weight is 306 g/mol. The second kappa shape index (κ2) is 7.22. The van der Waals surface area contributed by atoms with E-state index >= 15 is 0 Å². The van der Waals surface area contributed by atoms with Gasteiger partial charge in [0.15, 0.2) is 5.82 Å². The molecule has 2 heterocycles. The number of aromatic nitrogens is 2. The first-order valence-electron chi connectivity index (χ1n) is 8.58. The van der Waals surface area contributed by atoms with Crippen LogP contribution in [-0.4, -0.2) is 46.6 Å². The van der Waals surface area contributed by atoms with Crippen molar-refractivity contribution in [3.63, 3.8) is 0 Å². The fourth-order valence-electron chi connectivity index (χ4n) is 2.97. The van der Waals surface area contributed by atoms with Crippen LogP contribution in [0.3, 0.4) is 0 Å². The number of hydrogen-bond donors (Lipinski definition) is 1. The number of carbonyl (C=O) groups is 1. The van der Waals surface area contributed by atoms with Gasteiger partial charge in [0.1, 0.15) is 0 Å². The maximum Gasteiger partial charge on any atom is 0.237 e. The van der Waals surface area contributed by atoms with Crippen molar-refractivity contribution < 1.29 is 9.32 Å². The summed E-state index contributed by atoms with van der Waals surface area (Å²) < 4.78 is 5.22. The zero-order chi connectivity index (χ0) is 15.4. The van der Waals surface area contributed by atoms with Gasteiger partial charge >= 0.3 is 0 Å². The molecule has 1 N–H and O–H groups in total. The Morgan fingerprint density at radius 1 is 1.32 bits per heavy atom. The van der Waals surface area contributed by atoms with Crippen LogP contribution in [-0.2, 0) is 11.2 Å². The predicted octanol–water partition coefficient (Wildman–Crippen LogP) is 1.87. The van der Waals surface area contributed by atoms with Crippen molar-refractivity contribution >= 4 is 5.91 Å². The Kier molecular flexibility index (Phi) is 5.08. The number of carbonyl (C=O) groups excluding carboxylic acids is 1. The topological polar surface area (TPSA) is 71.3 Å². The zero-order valence-corrected chi connectivity index (χ0v) is 13.4. The van der Waals surface area contributed by atoms with E-state index in [1.54, 1.807) is 0 Å². The molecule has 122 valence electrons. The summed E-state index contributed by atoms with van der Waals surface area (Å²) in [6.45, 7) is 4.62. The van der Waals surface area contributed by atoms with E-state index in [9.17, 15) is 4.79 Å². The Bertz CT molecular complexity index is 490. The van der Waals surface area contributed by atoms with Crippen molar-refractivity contribution in [3.8, 4) is 0 Å². The van der Waals surface area contributed by atoms with Gasteiger partial charge in [0, 0.05) is 18.9 Å². The summed E-state index contributed by atoms with van der Waals surface area (Å²) >= 11 is 0. The molecule has 1 aliphatic carbocycles. The van der Waals surface area contributed by atoms with Crippen LogP contribution < -0.4 is 5.32 Å². The minimum Gasteiger partial charge on any atom is -0.354 e. The molecule has 1 aromatic rings. The normalized spacial score (nSPS) is 21.3. The highest BCUT2D eigenvalue weighted by Crippen LogP contribution is 2.38. The van der Waals surface area contributed by atoms with Gasteiger partial charge in [-0.05, 0) is 45.7 Å². The summed E-state index contributed by atoms with van der Waals surface area (Å²) in [7, 11) is 0. The van der Waals surface area contributed by atoms with Crippen LogP contribution in [0.2, 0.25) is 0 Å². The lowest BCUT2D eigenvalue weighted by molar-refractivity contribution is -0.125. The molecule has 22 heavy (non-hydrogen) atoms. The summed E-state index contributed by atoms with van der Waals surface area (Å²) in [5.41, 5.74) is 0. The second-order valence-corrected chi connectivity index (χ2v) is 6.49. The Balaban J connectivity index is 1.40. The van der Waals surface area contributed by atoms with E-state index in [0.717, 1.165) is 18.9 Å². The Morgan fingerprint density at radius 3 is 2.73 bits per heavy atom. The molecule has 0 spiro atoms. The molecule has 3 rings (SSSR count). The third-order valence-electron chi connectivity index (χ3n) is 4.63. The maximum absolute atomic E-state index is 12.2. The highest BCUT2D eigenvalue weighted by Gasteiger charge is 2.28. The van der Waals surface area contributed by atoms with E-state index in [1.807, 2.05) is 6.92 Å². The Morgan fingerprint density at radius 2 is 2.05 bits per heavy atom. The molecule has 1 atom stereocenters. The molecule has 1 aliphatic heterocycles. The van der Waals surface area contributed by atoms with Gasteiger partial charge in [0.05, 0.1) is 6.04 Å². The third kappa shape index (κ3) is 4.06. The van der Waals surface area contributed by atoms with E-state index in [2.05, 4.69) is 20.4 Å². The van der Waals surface area contributed by atoms with E-state index in [4.69, 9.17) is 4.52 Å². The molecular formula is C16H26N4O2. The summed E-state index contributed by atoms with van der Waals surface area (Å²) in [6, 6.07) is -0.0530. The van der Waals surface area contributed by atoms with Crippen molar-refractivity contribution in [1.82, 2.24) is 20.4 Å². The molecule has 1 saturated heterocycles. The van der Waals surface area contributed by atoms with Crippen molar-refractivity contribution in [2.24, 2.45) is 0 Å². The minimum atomic E-state index is -0.0530. The molecule has 2 fully saturated rings.